The number of benzene rings is 1. The Hall–Kier alpha value is -1.96. The summed E-state index contributed by atoms with van der Waals surface area (Å²) in [6.07, 6.45) is 12.9. The van der Waals surface area contributed by atoms with Gasteiger partial charge in [-0.05, 0) is 12.2 Å². The Morgan fingerprint density at radius 1 is 0.800 bits per heavy atom. The first-order valence-electron chi connectivity index (χ1n) is 5.17. The van der Waals surface area contributed by atoms with Gasteiger partial charge in [-0.3, -0.25) is 0 Å². The van der Waals surface area contributed by atoms with Crippen molar-refractivity contribution < 1.29 is 0 Å². The van der Waals surface area contributed by atoms with Crippen LogP contribution in [0.3, 0.4) is 0 Å². The van der Waals surface area contributed by atoms with Crippen molar-refractivity contribution in [3.63, 3.8) is 0 Å². The first-order valence-corrected chi connectivity index (χ1v) is 5.17. The van der Waals surface area contributed by atoms with E-state index in [9.17, 15) is 0 Å². The maximum Gasteiger partial charge on any atom is 0.0990 e. The van der Waals surface area contributed by atoms with Crippen LogP contribution in [0.2, 0.25) is 0 Å². The molecule has 0 radical (unpaired) electrons. The molecule has 0 fully saturated rings. The van der Waals surface area contributed by atoms with Crippen molar-refractivity contribution >= 4 is 23.5 Å². The second kappa shape index (κ2) is 2.34. The van der Waals surface area contributed by atoms with Crippen LogP contribution in [0.5, 0.6) is 0 Å². The Morgan fingerprint density at radius 3 is 1.87 bits per heavy atom. The first kappa shape index (κ1) is 7.35. The minimum Gasteiger partial charge on any atom is -0.327 e. The van der Waals surface area contributed by atoms with E-state index in [1.165, 1.54) is 21.8 Å². The van der Waals surface area contributed by atoms with Crippen molar-refractivity contribution in [1.82, 2.24) is 0 Å². The molecule has 2 heteroatoms. The number of allylic oxidation sites excluding steroid dienone is 2. The molecule has 4 rings (SSSR count). The predicted octanol–water partition coefficient (Wildman–Crippen LogP) is 0.886. The van der Waals surface area contributed by atoms with Crippen molar-refractivity contribution in [2.24, 2.45) is 0 Å². The molecule has 0 spiro atoms. The molecule has 72 valence electrons. The smallest absolute Gasteiger partial charge is 0.0990 e. The van der Waals surface area contributed by atoms with E-state index in [4.69, 9.17) is 0 Å². The molecule has 0 atom stereocenters. The maximum atomic E-state index is 2.30. The van der Waals surface area contributed by atoms with Crippen molar-refractivity contribution in [2.45, 2.75) is 0 Å². The minimum absolute atomic E-state index is 0.939. The van der Waals surface area contributed by atoms with Crippen LogP contribution in [-0.4, -0.2) is 6.67 Å². The van der Waals surface area contributed by atoms with E-state index >= 15 is 0 Å². The Bertz CT molecular complexity index is 568. The van der Waals surface area contributed by atoms with Gasteiger partial charge in [-0.15, -0.1) is 0 Å². The molecule has 1 aromatic carbocycles. The lowest BCUT2D eigenvalue weighted by Crippen LogP contribution is -2.26. The van der Waals surface area contributed by atoms with E-state index in [1.54, 1.807) is 0 Å². The van der Waals surface area contributed by atoms with Gasteiger partial charge in [-0.2, -0.15) is 0 Å². The minimum atomic E-state index is 0.939. The summed E-state index contributed by atoms with van der Waals surface area (Å²) in [6.45, 7) is 0.939. The predicted molar refractivity (Wildman–Crippen MR) is 62.7 cm³/mol. The summed E-state index contributed by atoms with van der Waals surface area (Å²) >= 11 is 0. The van der Waals surface area contributed by atoms with Gasteiger partial charge in [-0.1, -0.05) is 24.3 Å². The van der Waals surface area contributed by atoms with Crippen LogP contribution >= 0.6 is 0 Å². The van der Waals surface area contributed by atoms with Crippen molar-refractivity contribution in [1.29, 1.82) is 0 Å². The second-order valence-electron chi connectivity index (χ2n) is 4.04. The Kier molecular flexibility index (Phi) is 1.15. The van der Waals surface area contributed by atoms with Crippen molar-refractivity contribution in [3.05, 3.63) is 47.1 Å². The third-order valence-corrected chi connectivity index (χ3v) is 3.18. The van der Waals surface area contributed by atoms with Gasteiger partial charge in [-0.25, -0.2) is 0 Å². The van der Waals surface area contributed by atoms with Crippen LogP contribution < -0.4 is 20.2 Å². The lowest BCUT2D eigenvalue weighted by molar-refractivity contribution is 0.974. The summed E-state index contributed by atoms with van der Waals surface area (Å²) in [5.41, 5.74) is 2.71. The number of hydrogen-bond acceptors (Lipinski definition) is 2. The highest BCUT2D eigenvalue weighted by molar-refractivity contribution is 5.84. The molecule has 0 saturated heterocycles. The lowest BCUT2D eigenvalue weighted by Gasteiger charge is -2.16. The van der Waals surface area contributed by atoms with Gasteiger partial charge in [0.15, 0.2) is 0 Å². The molecule has 0 aliphatic carbocycles. The Labute approximate surface area is 87.7 Å². The zero-order valence-corrected chi connectivity index (χ0v) is 8.22. The van der Waals surface area contributed by atoms with Gasteiger partial charge in [0.2, 0.25) is 0 Å². The van der Waals surface area contributed by atoms with Crippen LogP contribution in [0.1, 0.15) is 0 Å². The highest BCUT2D eigenvalue weighted by Crippen LogP contribution is 2.32. The molecule has 3 aliphatic heterocycles. The SMILES string of the molecule is C1=CN2CN3C=CC=c4ccc(c2c43)=C1. The molecule has 0 N–H and O–H groups in total. The average molecular weight is 194 g/mol. The maximum absolute atomic E-state index is 2.30. The molecule has 3 aliphatic rings. The monoisotopic (exact) mass is 194 g/mol. The normalized spacial score (nSPS) is 18.7. The standard InChI is InChI=1S/C13H10N2/c1-3-10-5-6-11-4-2-8-15-9-14(7-1)12(10)13(11)15/h1-8H,9H2. The zero-order chi connectivity index (χ0) is 9.83. The summed E-state index contributed by atoms with van der Waals surface area (Å²) < 4.78 is 0. The van der Waals surface area contributed by atoms with E-state index in [1.807, 2.05) is 0 Å². The van der Waals surface area contributed by atoms with Crippen molar-refractivity contribution in [2.75, 3.05) is 16.5 Å². The molecular formula is C13H10N2. The molecule has 3 heterocycles. The van der Waals surface area contributed by atoms with Gasteiger partial charge in [0.05, 0.1) is 18.0 Å². The number of nitrogens with zero attached hydrogens (tertiary/aromatic N) is 2. The average Bonchev–Trinajstić information content (AvgIpc) is 2.66. The summed E-state index contributed by atoms with van der Waals surface area (Å²) in [7, 11) is 0. The largest absolute Gasteiger partial charge is 0.327 e. The van der Waals surface area contributed by atoms with E-state index in [2.05, 4.69) is 58.6 Å². The molecule has 0 unspecified atom stereocenters. The molecular weight excluding hydrogens is 184 g/mol. The molecule has 0 aromatic heterocycles. The Morgan fingerprint density at radius 2 is 1.33 bits per heavy atom. The van der Waals surface area contributed by atoms with Gasteiger partial charge in [0.25, 0.3) is 0 Å². The quantitative estimate of drug-likeness (QED) is 0.605. The van der Waals surface area contributed by atoms with E-state index in [0.717, 1.165) is 6.67 Å². The summed E-state index contributed by atoms with van der Waals surface area (Å²) in [5, 5.41) is 2.64. The number of rotatable bonds is 0. The van der Waals surface area contributed by atoms with Crippen LogP contribution in [0.4, 0.5) is 11.4 Å². The van der Waals surface area contributed by atoms with Crippen molar-refractivity contribution in [3.8, 4) is 0 Å². The van der Waals surface area contributed by atoms with Crippen LogP contribution in [0.15, 0.2) is 36.7 Å². The Balaban J connectivity index is 2.23. The van der Waals surface area contributed by atoms with Gasteiger partial charge in [0.1, 0.15) is 0 Å². The molecule has 15 heavy (non-hydrogen) atoms. The molecule has 0 saturated carbocycles. The summed E-state index contributed by atoms with van der Waals surface area (Å²) in [4.78, 5) is 4.61. The summed E-state index contributed by atoms with van der Waals surface area (Å²) in [5.74, 6) is 0. The van der Waals surface area contributed by atoms with E-state index < -0.39 is 0 Å². The topological polar surface area (TPSA) is 6.48 Å². The third-order valence-electron chi connectivity index (χ3n) is 3.18. The van der Waals surface area contributed by atoms with Gasteiger partial charge >= 0.3 is 0 Å². The highest BCUT2D eigenvalue weighted by Gasteiger charge is 2.26. The van der Waals surface area contributed by atoms with E-state index in [-0.39, 0.29) is 0 Å². The van der Waals surface area contributed by atoms with Crippen LogP contribution in [0.25, 0.3) is 12.2 Å². The van der Waals surface area contributed by atoms with Gasteiger partial charge in [0, 0.05) is 22.8 Å². The molecule has 0 amide bonds. The second-order valence-corrected chi connectivity index (χ2v) is 4.04. The van der Waals surface area contributed by atoms with Crippen LogP contribution in [0, 0.1) is 0 Å². The fourth-order valence-electron chi connectivity index (χ4n) is 2.53. The molecule has 2 nitrogen and oxygen atoms in total. The molecule has 0 bridgehead atoms. The van der Waals surface area contributed by atoms with Crippen LogP contribution in [-0.2, 0) is 0 Å². The third kappa shape index (κ3) is 0.796. The number of anilines is 2. The highest BCUT2D eigenvalue weighted by atomic mass is 15.4. The zero-order valence-electron chi connectivity index (χ0n) is 8.22. The fourth-order valence-corrected chi connectivity index (χ4v) is 2.53. The molecule has 1 aromatic rings. The van der Waals surface area contributed by atoms with Gasteiger partial charge < -0.3 is 9.80 Å². The number of hydrogen-bond donors (Lipinski definition) is 0. The fraction of sp³-hybridized carbons (Fsp3) is 0.0769. The van der Waals surface area contributed by atoms with E-state index in [0.29, 0.717) is 0 Å². The first-order chi connectivity index (χ1) is 7.43. The summed E-state index contributed by atoms with van der Waals surface area (Å²) in [6, 6.07) is 4.40. The lowest BCUT2D eigenvalue weighted by atomic mass is 10.1.